The lowest BCUT2D eigenvalue weighted by Crippen LogP contribution is -2.56. The molecule has 2 fully saturated rings. The third kappa shape index (κ3) is 4.62. The van der Waals surface area contributed by atoms with Crippen LogP contribution in [0.5, 0.6) is 5.88 Å². The van der Waals surface area contributed by atoms with Gasteiger partial charge in [0, 0.05) is 25.1 Å². The first-order valence-electron chi connectivity index (χ1n) is 10.0. The average molecular weight is 438 g/mol. The second kappa shape index (κ2) is 8.16. The Bertz CT molecular complexity index is 1020. The molecule has 2 aromatic rings. The predicted molar refractivity (Wildman–Crippen MR) is 102 cm³/mol. The van der Waals surface area contributed by atoms with E-state index in [1.165, 1.54) is 22.8 Å². The number of rotatable bonds is 4. The molecule has 1 aliphatic carbocycles. The minimum Gasteiger partial charge on any atom is -0.470 e. The van der Waals surface area contributed by atoms with Gasteiger partial charge in [0.2, 0.25) is 11.8 Å². The standard InChI is InChI=1S/C19H24F2N6O4/c1-12-5-8-26(24-12)17-23-16(31-14-10-25(11-14)18(28)30-2)9-15(27(17)29)22-13-3-6-19(20,21)7-4-13/h5,8-9,13-14,29H,3-4,6-7,10-11H2,1-2H3. The van der Waals surface area contributed by atoms with Crippen LogP contribution in [0.3, 0.4) is 0 Å². The van der Waals surface area contributed by atoms with E-state index in [-0.39, 0.29) is 55.1 Å². The fourth-order valence-corrected chi connectivity index (χ4v) is 3.58. The highest BCUT2D eigenvalue weighted by atomic mass is 19.3. The molecule has 31 heavy (non-hydrogen) atoms. The van der Waals surface area contributed by atoms with E-state index in [4.69, 9.17) is 4.74 Å². The molecule has 0 aromatic carbocycles. The van der Waals surface area contributed by atoms with Gasteiger partial charge in [-0.2, -0.15) is 10.1 Å². The number of carbonyl (C=O) groups is 1. The number of hydrogen-bond donors (Lipinski definition) is 1. The fourth-order valence-electron chi connectivity index (χ4n) is 3.58. The van der Waals surface area contributed by atoms with Gasteiger partial charge >= 0.3 is 6.09 Å². The number of nitrogens with zero attached hydrogens (tertiary/aromatic N) is 6. The molecule has 1 amide bonds. The van der Waals surface area contributed by atoms with Crippen LogP contribution in [0.25, 0.3) is 5.95 Å². The molecule has 0 spiro atoms. The van der Waals surface area contributed by atoms with Crippen molar-refractivity contribution in [3.8, 4) is 11.8 Å². The Kier molecular flexibility index (Phi) is 5.54. The summed E-state index contributed by atoms with van der Waals surface area (Å²) in [7, 11) is 1.31. The summed E-state index contributed by atoms with van der Waals surface area (Å²) < 4.78 is 39.6. The third-order valence-electron chi connectivity index (χ3n) is 5.37. The Balaban J connectivity index is 1.62. The third-order valence-corrected chi connectivity index (χ3v) is 5.37. The summed E-state index contributed by atoms with van der Waals surface area (Å²) in [5.41, 5.74) is 0.848. The molecule has 4 rings (SSSR count). The minimum atomic E-state index is -2.67. The van der Waals surface area contributed by atoms with Gasteiger partial charge < -0.3 is 19.6 Å². The van der Waals surface area contributed by atoms with E-state index in [2.05, 4.69) is 19.8 Å². The maximum Gasteiger partial charge on any atom is 0.409 e. The van der Waals surface area contributed by atoms with E-state index in [0.717, 1.165) is 4.73 Å². The van der Waals surface area contributed by atoms with E-state index < -0.39 is 12.0 Å². The van der Waals surface area contributed by atoms with Crippen molar-refractivity contribution < 1.29 is 28.3 Å². The Labute approximate surface area is 176 Å². The number of likely N-dealkylation sites (tertiary alicyclic amines) is 1. The number of hydrogen-bond acceptors (Lipinski definition) is 7. The van der Waals surface area contributed by atoms with Crippen molar-refractivity contribution in [1.82, 2.24) is 24.4 Å². The number of carbonyl (C=O) groups excluding carboxylic acids is 1. The minimum absolute atomic E-state index is 0.0506. The lowest BCUT2D eigenvalue weighted by molar-refractivity contribution is -0.0377. The van der Waals surface area contributed by atoms with Crippen LogP contribution >= 0.6 is 0 Å². The summed E-state index contributed by atoms with van der Waals surface area (Å²) >= 11 is 0. The maximum absolute atomic E-state index is 13.5. The molecule has 3 heterocycles. The highest BCUT2D eigenvalue weighted by molar-refractivity contribution is 5.68. The zero-order valence-electron chi connectivity index (χ0n) is 17.2. The number of amides is 1. The SMILES string of the molecule is COC(=O)N1CC(Oc2cc(=NC3CCC(F)(F)CC3)n(O)c(-n3ccc(C)n3)n2)C1. The smallest absolute Gasteiger partial charge is 0.409 e. The molecule has 10 nitrogen and oxygen atoms in total. The van der Waals surface area contributed by atoms with Crippen LogP contribution in [0.1, 0.15) is 31.4 Å². The van der Waals surface area contributed by atoms with Crippen LogP contribution < -0.4 is 10.2 Å². The van der Waals surface area contributed by atoms with Gasteiger partial charge in [0.15, 0.2) is 5.49 Å². The predicted octanol–water partition coefficient (Wildman–Crippen LogP) is 1.92. The fraction of sp³-hybridized carbons (Fsp3) is 0.579. The first kappa shape index (κ1) is 21.1. The highest BCUT2D eigenvalue weighted by Crippen LogP contribution is 2.34. The molecule has 1 saturated carbocycles. The van der Waals surface area contributed by atoms with Crippen LogP contribution in [0.15, 0.2) is 23.3 Å². The van der Waals surface area contributed by atoms with Gasteiger partial charge in [0.25, 0.3) is 5.95 Å². The first-order chi connectivity index (χ1) is 14.7. The van der Waals surface area contributed by atoms with Crippen LogP contribution in [-0.2, 0) is 4.74 Å². The average Bonchev–Trinajstić information content (AvgIpc) is 3.13. The summed E-state index contributed by atoms with van der Waals surface area (Å²) in [6.07, 6.45) is 0.856. The summed E-state index contributed by atoms with van der Waals surface area (Å²) in [5.74, 6) is -2.43. The monoisotopic (exact) mass is 438 g/mol. The molecule has 0 radical (unpaired) electrons. The maximum atomic E-state index is 13.5. The summed E-state index contributed by atoms with van der Waals surface area (Å²) in [4.78, 5) is 21.8. The van der Waals surface area contributed by atoms with E-state index in [1.807, 2.05) is 0 Å². The molecule has 0 atom stereocenters. The lowest BCUT2D eigenvalue weighted by atomic mass is 9.93. The molecule has 2 aromatic heterocycles. The number of ether oxygens (including phenoxy) is 2. The molecule has 168 valence electrons. The number of aromatic nitrogens is 4. The number of aryl methyl sites for hydroxylation is 1. The number of halogens is 2. The largest absolute Gasteiger partial charge is 0.470 e. The highest BCUT2D eigenvalue weighted by Gasteiger charge is 2.35. The molecule has 12 heteroatoms. The van der Waals surface area contributed by atoms with E-state index >= 15 is 0 Å². The quantitative estimate of drug-likeness (QED) is 0.731. The van der Waals surface area contributed by atoms with Crippen molar-refractivity contribution in [2.24, 2.45) is 4.99 Å². The second-order valence-electron chi connectivity index (χ2n) is 7.80. The van der Waals surface area contributed by atoms with Crippen molar-refractivity contribution in [1.29, 1.82) is 0 Å². The molecule has 1 saturated heterocycles. The van der Waals surface area contributed by atoms with Crippen molar-refractivity contribution in [3.63, 3.8) is 0 Å². The van der Waals surface area contributed by atoms with Gasteiger partial charge in [-0.1, -0.05) is 0 Å². The molecular formula is C19H24F2N6O4. The molecule has 1 N–H and O–H groups in total. The van der Waals surface area contributed by atoms with Gasteiger partial charge in [-0.05, 0) is 25.8 Å². The topological polar surface area (TPSA) is 107 Å². The molecule has 1 aliphatic heterocycles. The lowest BCUT2D eigenvalue weighted by Gasteiger charge is -2.37. The zero-order chi connectivity index (χ0) is 22.2. The zero-order valence-corrected chi connectivity index (χ0v) is 17.2. The summed E-state index contributed by atoms with van der Waals surface area (Å²) in [6, 6.07) is 2.85. The van der Waals surface area contributed by atoms with Crippen LogP contribution in [0.4, 0.5) is 13.6 Å². The van der Waals surface area contributed by atoms with Crippen LogP contribution in [0.2, 0.25) is 0 Å². The van der Waals surface area contributed by atoms with Crippen LogP contribution in [0, 0.1) is 6.92 Å². The number of methoxy groups -OCH3 is 1. The molecular weight excluding hydrogens is 414 g/mol. The second-order valence-corrected chi connectivity index (χ2v) is 7.80. The van der Waals surface area contributed by atoms with E-state index in [0.29, 0.717) is 18.8 Å². The summed E-state index contributed by atoms with van der Waals surface area (Å²) in [5, 5.41) is 14.9. The van der Waals surface area contributed by atoms with Crippen molar-refractivity contribution in [2.45, 2.75) is 50.7 Å². The number of alkyl halides is 2. The Morgan fingerprint density at radius 3 is 2.65 bits per heavy atom. The normalized spacial score (nSPS) is 19.9. The first-order valence-corrected chi connectivity index (χ1v) is 10.0. The molecule has 0 bridgehead atoms. The van der Waals surface area contributed by atoms with Gasteiger partial charge in [0.1, 0.15) is 6.10 Å². The van der Waals surface area contributed by atoms with Gasteiger partial charge in [0.05, 0.1) is 31.9 Å². The van der Waals surface area contributed by atoms with Crippen molar-refractivity contribution in [2.75, 3.05) is 20.2 Å². The van der Waals surface area contributed by atoms with Gasteiger partial charge in [-0.3, -0.25) is 4.99 Å². The van der Waals surface area contributed by atoms with Gasteiger partial charge in [-0.25, -0.2) is 18.3 Å². The Morgan fingerprint density at radius 2 is 2.03 bits per heavy atom. The van der Waals surface area contributed by atoms with Gasteiger partial charge in [-0.15, -0.1) is 4.73 Å². The summed E-state index contributed by atoms with van der Waals surface area (Å²) in [6.45, 7) is 2.47. The molecule has 0 unspecified atom stereocenters. The van der Waals surface area contributed by atoms with Crippen molar-refractivity contribution in [3.05, 3.63) is 29.5 Å². The van der Waals surface area contributed by atoms with Crippen LogP contribution in [-0.4, -0.2) is 74.0 Å². The van der Waals surface area contributed by atoms with E-state index in [9.17, 15) is 18.8 Å². The molecule has 2 aliphatic rings. The van der Waals surface area contributed by atoms with Crippen molar-refractivity contribution >= 4 is 6.09 Å². The Hall–Kier alpha value is -3.18. The van der Waals surface area contributed by atoms with E-state index in [1.54, 1.807) is 19.2 Å². The Morgan fingerprint density at radius 1 is 1.32 bits per heavy atom.